The molecular formula is C41H33Cl3F3N5O7. The molecule has 59 heavy (non-hydrogen) atoms. The van der Waals surface area contributed by atoms with Crippen molar-refractivity contribution in [3.8, 4) is 17.2 Å². The van der Waals surface area contributed by atoms with E-state index in [1.807, 2.05) is 0 Å². The molecule has 0 spiro atoms. The number of imide groups is 2. The number of anilines is 2. The molecule has 1 saturated carbocycles. The molecule has 3 heterocycles. The minimum absolute atomic E-state index is 0.00163. The van der Waals surface area contributed by atoms with E-state index in [0.29, 0.717) is 33.5 Å². The number of phenols is 1. The molecule has 4 aromatic rings. The predicted molar refractivity (Wildman–Crippen MR) is 210 cm³/mol. The van der Waals surface area contributed by atoms with Crippen LogP contribution >= 0.6 is 34.8 Å². The summed E-state index contributed by atoms with van der Waals surface area (Å²) < 4.78 is 52.0. The molecular weight excluding hydrogens is 838 g/mol. The molecule has 12 nitrogen and oxygen atoms in total. The van der Waals surface area contributed by atoms with Crippen molar-refractivity contribution < 1.29 is 46.9 Å². The van der Waals surface area contributed by atoms with Gasteiger partial charge in [-0.3, -0.25) is 29.6 Å². The normalized spacial score (nSPS) is 25.0. The summed E-state index contributed by atoms with van der Waals surface area (Å²) in [7, 11) is 4.08. The fourth-order valence-corrected chi connectivity index (χ4v) is 9.97. The second kappa shape index (κ2) is 14.6. The number of rotatable bonds is 8. The Balaban J connectivity index is 1.30. The van der Waals surface area contributed by atoms with E-state index in [2.05, 4.69) is 10.4 Å². The maximum atomic E-state index is 15.4. The first-order chi connectivity index (χ1) is 28.0. The van der Waals surface area contributed by atoms with Crippen LogP contribution < -0.4 is 19.9 Å². The van der Waals surface area contributed by atoms with Crippen molar-refractivity contribution in [2.75, 3.05) is 31.7 Å². The number of aromatic hydroxyl groups is 1. The molecule has 18 heteroatoms. The summed E-state index contributed by atoms with van der Waals surface area (Å²) in [6, 6.07) is 17.5. The number of hydrogen-bond acceptors (Lipinski definition) is 10. The third-order valence-corrected chi connectivity index (χ3v) is 12.7. The molecule has 0 radical (unpaired) electrons. The van der Waals surface area contributed by atoms with Gasteiger partial charge in [-0.1, -0.05) is 64.7 Å². The monoisotopic (exact) mass is 869 g/mol. The minimum Gasteiger partial charge on any atom is -0.504 e. The Labute approximate surface area is 350 Å². The lowest BCUT2D eigenvalue weighted by Gasteiger charge is -2.50. The first-order valence-electron chi connectivity index (χ1n) is 18.2. The summed E-state index contributed by atoms with van der Waals surface area (Å²) >= 11 is 19.0. The lowest BCUT2D eigenvalue weighted by atomic mass is 9.49. The van der Waals surface area contributed by atoms with Crippen LogP contribution in [0.3, 0.4) is 0 Å². The number of allylic oxidation sites excluding steroid dienone is 2. The second-order valence-corrected chi connectivity index (χ2v) is 15.9. The summed E-state index contributed by atoms with van der Waals surface area (Å²) in [5, 5.41) is 13.9. The van der Waals surface area contributed by atoms with Crippen molar-refractivity contribution >= 4 is 69.9 Å². The van der Waals surface area contributed by atoms with Gasteiger partial charge in [0.05, 0.1) is 53.1 Å². The average Bonchev–Trinajstić information content (AvgIpc) is 3.58. The maximum Gasteiger partial charge on any atom is 0.433 e. The first-order valence-corrected chi connectivity index (χ1v) is 19.3. The van der Waals surface area contributed by atoms with Gasteiger partial charge in [0.2, 0.25) is 0 Å². The highest BCUT2D eigenvalue weighted by Gasteiger charge is 2.70. The Bertz CT molecular complexity index is 2470. The third-order valence-electron chi connectivity index (χ3n) is 11.8. The zero-order valence-corrected chi connectivity index (χ0v) is 33.5. The quantitative estimate of drug-likeness (QED) is 0.133. The van der Waals surface area contributed by atoms with Crippen molar-refractivity contribution in [1.82, 2.24) is 15.0 Å². The number of nitrogens with one attached hydrogen (secondary N) is 1. The fourth-order valence-electron chi connectivity index (χ4n) is 9.29. The number of phenolic OH excluding ortho intramolecular Hbond substituents is 1. The summed E-state index contributed by atoms with van der Waals surface area (Å²) in [5.41, 5.74) is 1.49. The molecule has 306 valence electrons. The predicted octanol–water partition coefficient (Wildman–Crippen LogP) is 7.82. The Hall–Kier alpha value is -5.51. The van der Waals surface area contributed by atoms with Crippen LogP contribution in [0.25, 0.3) is 0 Å². The van der Waals surface area contributed by atoms with E-state index in [4.69, 9.17) is 44.3 Å². The number of nitrogens with zero attached hydrogens (tertiary/aromatic N) is 4. The van der Waals surface area contributed by atoms with Crippen LogP contribution in [0.15, 0.2) is 84.4 Å². The van der Waals surface area contributed by atoms with Crippen LogP contribution in [-0.2, 0) is 30.8 Å². The van der Waals surface area contributed by atoms with Crippen LogP contribution in [0.5, 0.6) is 17.2 Å². The van der Waals surface area contributed by atoms with Gasteiger partial charge in [0, 0.05) is 18.0 Å². The van der Waals surface area contributed by atoms with Gasteiger partial charge in [-0.05, 0) is 84.5 Å². The summed E-state index contributed by atoms with van der Waals surface area (Å²) in [5.74, 6) is -8.06. The number of methoxy groups -OCH3 is 2. The molecule has 6 atom stereocenters. The molecule has 2 aliphatic carbocycles. The summed E-state index contributed by atoms with van der Waals surface area (Å²) in [4.78, 5) is 63.0. The highest BCUT2D eigenvalue weighted by molar-refractivity contribution is 6.36. The Morgan fingerprint density at radius 1 is 0.881 bits per heavy atom. The number of carbonyl (C=O) groups excluding carboxylic acids is 4. The smallest absolute Gasteiger partial charge is 0.433 e. The molecule has 2 aliphatic heterocycles. The van der Waals surface area contributed by atoms with Crippen molar-refractivity contribution in [3.05, 3.63) is 116 Å². The zero-order chi connectivity index (χ0) is 42.3. The topological polar surface area (TPSA) is 142 Å². The largest absolute Gasteiger partial charge is 0.504 e. The van der Waals surface area contributed by atoms with E-state index in [9.17, 15) is 32.7 Å². The molecule has 8 rings (SSSR count). The van der Waals surface area contributed by atoms with E-state index in [0.717, 1.165) is 21.1 Å². The number of aromatic nitrogens is 1. The third kappa shape index (κ3) is 6.24. The van der Waals surface area contributed by atoms with E-state index >= 15 is 4.79 Å². The number of hydrogen-bond donors (Lipinski definition) is 2. The number of fused-ring (bicyclic) bond motifs is 4. The van der Waals surface area contributed by atoms with Gasteiger partial charge in [-0.15, -0.1) is 0 Å². The van der Waals surface area contributed by atoms with E-state index in [-0.39, 0.29) is 40.1 Å². The molecule has 2 saturated heterocycles. The number of ether oxygens (including phenoxy) is 2. The van der Waals surface area contributed by atoms with Gasteiger partial charge in [0.15, 0.2) is 17.3 Å². The highest BCUT2D eigenvalue weighted by atomic mass is 35.5. The fraction of sp³-hybridized carbons (Fsp3) is 0.293. The van der Waals surface area contributed by atoms with Crippen molar-refractivity contribution in [2.45, 2.75) is 30.4 Å². The van der Waals surface area contributed by atoms with Crippen LogP contribution in [0.1, 0.15) is 35.6 Å². The summed E-state index contributed by atoms with van der Waals surface area (Å²) in [6.07, 6.45) is -3.16. The van der Waals surface area contributed by atoms with Gasteiger partial charge < -0.3 is 14.6 Å². The number of alkyl halides is 3. The van der Waals surface area contributed by atoms with E-state index in [1.54, 1.807) is 36.4 Å². The molecule has 3 fully saturated rings. The molecule has 0 bridgehead atoms. The van der Waals surface area contributed by atoms with E-state index < -0.39 is 76.3 Å². The van der Waals surface area contributed by atoms with Gasteiger partial charge in [0.1, 0.15) is 11.4 Å². The van der Waals surface area contributed by atoms with Crippen LogP contribution in [0.2, 0.25) is 15.1 Å². The number of carbonyl (C=O) groups is 4. The molecule has 3 aromatic carbocycles. The van der Waals surface area contributed by atoms with Crippen LogP contribution in [0, 0.1) is 23.7 Å². The Morgan fingerprint density at radius 3 is 2.25 bits per heavy atom. The standard InChI is InChI=1S/C41H33Cl3F3N5O7/c1-50(35-27(43)12-15-32(48-35)41(45,46)47)52-36(54)24-11-10-23-25(33(24)38(52)56)18-26-37(55)51(49-29-13-7-21(42)17-28(29)44)39(57)40(26,20-5-8-22(58-2)9-6-20)34(23)19-4-14-31(59-3)30(53)16-19/h4-10,12-17,24-26,33-34,49,53H,11,18H2,1-3H3/t24-,25+,26-,33-,34-,40+/m0/s1. The minimum atomic E-state index is -4.84. The van der Waals surface area contributed by atoms with Gasteiger partial charge in [-0.25, -0.2) is 4.98 Å². The first kappa shape index (κ1) is 40.3. The number of hydrazine groups is 2. The molecule has 1 aromatic heterocycles. The van der Waals surface area contributed by atoms with Crippen molar-refractivity contribution in [1.29, 1.82) is 0 Å². The number of halogens is 6. The molecule has 0 unspecified atom stereocenters. The Kier molecular flexibility index (Phi) is 10.00. The molecule has 4 aliphatic rings. The highest BCUT2D eigenvalue weighted by Crippen LogP contribution is 2.64. The van der Waals surface area contributed by atoms with Gasteiger partial charge in [0.25, 0.3) is 23.6 Å². The van der Waals surface area contributed by atoms with Gasteiger partial charge in [-0.2, -0.15) is 23.2 Å². The van der Waals surface area contributed by atoms with Crippen LogP contribution in [0.4, 0.5) is 24.7 Å². The molecule has 4 amide bonds. The molecule has 2 N–H and O–H groups in total. The average molecular weight is 871 g/mol. The SMILES string of the molecule is COc1ccc([C@@]23C(=O)N(Nc4ccc(Cl)cc4Cl)C(=O)[C@@H]2C[C@@H]2C(=CC[C@@H]4C(=O)N(N(C)c5nc(C(F)(F)F)ccc5Cl)C(=O)[C@@H]42)[C@@H]3c2ccc(OC)c(O)c2)cc1. The summed E-state index contributed by atoms with van der Waals surface area (Å²) in [6.45, 7) is 0. The van der Waals surface area contributed by atoms with E-state index in [1.165, 1.54) is 51.6 Å². The lowest BCUT2D eigenvalue weighted by Crippen LogP contribution is -2.53. The lowest BCUT2D eigenvalue weighted by molar-refractivity contribution is -0.142. The number of pyridine rings is 1. The number of benzene rings is 3. The van der Waals surface area contributed by atoms with Crippen LogP contribution in [-0.4, -0.2) is 65.0 Å². The van der Waals surface area contributed by atoms with Crippen molar-refractivity contribution in [2.24, 2.45) is 23.7 Å². The Morgan fingerprint density at radius 2 is 1.61 bits per heavy atom. The van der Waals surface area contributed by atoms with Crippen molar-refractivity contribution in [3.63, 3.8) is 0 Å². The van der Waals surface area contributed by atoms with Gasteiger partial charge >= 0.3 is 6.18 Å². The zero-order valence-electron chi connectivity index (χ0n) is 31.3. The second-order valence-electron chi connectivity index (χ2n) is 14.7. The maximum absolute atomic E-state index is 15.4. The number of amides is 4.